The molecule has 0 radical (unpaired) electrons. The molecule has 1 N–H and O–H groups in total. The van der Waals surface area contributed by atoms with Crippen molar-refractivity contribution in [2.45, 2.75) is 73.5 Å². The maximum atomic E-state index is 13.0. The van der Waals surface area contributed by atoms with E-state index in [0.717, 1.165) is 0 Å². The van der Waals surface area contributed by atoms with Crippen LogP contribution < -0.4 is 5.32 Å². The second kappa shape index (κ2) is 4.72. The highest BCUT2D eigenvalue weighted by molar-refractivity contribution is 5.97. The van der Waals surface area contributed by atoms with Gasteiger partial charge in [-0.25, -0.2) is 0 Å². The van der Waals surface area contributed by atoms with Crippen LogP contribution in [0.5, 0.6) is 0 Å². The van der Waals surface area contributed by atoms with Gasteiger partial charge in [-0.05, 0) is 22.7 Å². The van der Waals surface area contributed by atoms with E-state index in [9.17, 15) is 9.59 Å². The first-order valence-corrected chi connectivity index (χ1v) is 8.07. The van der Waals surface area contributed by atoms with Crippen molar-refractivity contribution < 1.29 is 9.59 Å². The Morgan fingerprint density at radius 2 is 1.43 bits per heavy atom. The molecule has 1 aliphatic carbocycles. The number of amides is 2. The molecule has 2 atom stereocenters. The van der Waals surface area contributed by atoms with E-state index in [1.807, 2.05) is 32.6 Å². The van der Waals surface area contributed by atoms with E-state index in [-0.39, 0.29) is 52.6 Å². The number of carbonyl (C=O) groups excluding carboxylic acids is 2. The summed E-state index contributed by atoms with van der Waals surface area (Å²) in [5.41, 5.74) is 0.101. The van der Waals surface area contributed by atoms with Crippen LogP contribution in [0, 0.1) is 22.7 Å². The summed E-state index contributed by atoms with van der Waals surface area (Å²) in [5.74, 6) is 0.324. The van der Waals surface area contributed by atoms with Crippen molar-refractivity contribution in [1.29, 1.82) is 0 Å². The molecule has 120 valence electrons. The lowest BCUT2D eigenvalue weighted by atomic mass is 9.92. The summed E-state index contributed by atoms with van der Waals surface area (Å²) in [4.78, 5) is 27.5. The minimum atomic E-state index is -0.389. The molecule has 0 aromatic rings. The third-order valence-corrected chi connectivity index (χ3v) is 5.91. The van der Waals surface area contributed by atoms with Crippen LogP contribution in [0.2, 0.25) is 0 Å². The summed E-state index contributed by atoms with van der Waals surface area (Å²) in [6.45, 7) is 16.8. The smallest absolute Gasteiger partial charge is 0.246 e. The van der Waals surface area contributed by atoms with Gasteiger partial charge in [0.15, 0.2) is 0 Å². The Morgan fingerprint density at radius 3 is 1.76 bits per heavy atom. The van der Waals surface area contributed by atoms with Crippen LogP contribution in [0.3, 0.4) is 0 Å². The summed E-state index contributed by atoms with van der Waals surface area (Å²) in [6.07, 6.45) is 0. The van der Waals surface area contributed by atoms with Crippen molar-refractivity contribution in [3.8, 4) is 0 Å². The van der Waals surface area contributed by atoms with Gasteiger partial charge in [0.25, 0.3) is 0 Å². The van der Waals surface area contributed by atoms with E-state index >= 15 is 0 Å². The van der Waals surface area contributed by atoms with Gasteiger partial charge in [-0.1, -0.05) is 55.4 Å². The maximum absolute atomic E-state index is 13.0. The highest BCUT2D eigenvalue weighted by atomic mass is 16.2. The van der Waals surface area contributed by atoms with Gasteiger partial charge in [0.1, 0.15) is 12.1 Å². The number of piperazine rings is 1. The molecule has 0 aromatic heterocycles. The number of hydrogen-bond donors (Lipinski definition) is 1. The SMILES string of the molecule is CC(C)C1NC(=O)C(C(C)C)N(C2C(C)(C)C2(C)C)C1=O. The molecule has 0 bridgehead atoms. The minimum Gasteiger partial charge on any atom is -0.342 e. The Bertz CT molecular complexity index is 451. The van der Waals surface area contributed by atoms with Gasteiger partial charge in [-0.3, -0.25) is 9.59 Å². The lowest BCUT2D eigenvalue weighted by molar-refractivity contribution is -0.154. The lowest BCUT2D eigenvalue weighted by Gasteiger charge is -2.43. The van der Waals surface area contributed by atoms with E-state index in [1.54, 1.807) is 0 Å². The molecule has 2 unspecified atom stereocenters. The first kappa shape index (κ1) is 16.3. The molecule has 1 heterocycles. The fourth-order valence-corrected chi connectivity index (χ4v) is 3.94. The molecule has 4 heteroatoms. The van der Waals surface area contributed by atoms with Crippen LogP contribution in [-0.4, -0.2) is 34.8 Å². The van der Waals surface area contributed by atoms with Crippen LogP contribution in [-0.2, 0) is 9.59 Å². The predicted molar refractivity (Wildman–Crippen MR) is 83.6 cm³/mol. The summed E-state index contributed by atoms with van der Waals surface area (Å²) < 4.78 is 0. The number of carbonyl (C=O) groups is 2. The summed E-state index contributed by atoms with van der Waals surface area (Å²) in [5, 5.41) is 2.93. The molecule has 0 spiro atoms. The third kappa shape index (κ3) is 2.18. The number of rotatable bonds is 3. The number of hydrogen-bond acceptors (Lipinski definition) is 2. The van der Waals surface area contributed by atoms with Crippen LogP contribution in [0.1, 0.15) is 55.4 Å². The molecule has 1 saturated carbocycles. The topological polar surface area (TPSA) is 49.4 Å². The van der Waals surface area contributed by atoms with Crippen LogP contribution in [0.15, 0.2) is 0 Å². The fourth-order valence-electron chi connectivity index (χ4n) is 3.94. The summed E-state index contributed by atoms with van der Waals surface area (Å²) >= 11 is 0. The van der Waals surface area contributed by atoms with Gasteiger partial charge in [0.2, 0.25) is 11.8 Å². The van der Waals surface area contributed by atoms with E-state index in [1.165, 1.54) is 0 Å². The average Bonchev–Trinajstić information content (AvgIpc) is 2.71. The zero-order chi connectivity index (χ0) is 16.3. The average molecular weight is 294 g/mol. The van der Waals surface area contributed by atoms with E-state index < -0.39 is 0 Å². The maximum Gasteiger partial charge on any atom is 0.246 e. The quantitative estimate of drug-likeness (QED) is 0.869. The zero-order valence-corrected chi connectivity index (χ0v) is 14.7. The number of nitrogens with zero attached hydrogens (tertiary/aromatic N) is 1. The second-order valence-corrected chi connectivity index (χ2v) is 8.51. The van der Waals surface area contributed by atoms with Gasteiger partial charge in [-0.15, -0.1) is 0 Å². The van der Waals surface area contributed by atoms with E-state index in [0.29, 0.717) is 0 Å². The van der Waals surface area contributed by atoms with Gasteiger partial charge in [0.05, 0.1) is 0 Å². The van der Waals surface area contributed by atoms with E-state index in [4.69, 9.17) is 0 Å². The van der Waals surface area contributed by atoms with Crippen molar-refractivity contribution >= 4 is 11.8 Å². The van der Waals surface area contributed by atoms with Crippen molar-refractivity contribution in [2.24, 2.45) is 22.7 Å². The molecular formula is C17H30N2O2. The Balaban J connectivity index is 2.42. The molecule has 1 saturated heterocycles. The number of nitrogens with one attached hydrogen (secondary N) is 1. The molecule has 2 aliphatic rings. The molecule has 2 rings (SSSR count). The molecular weight excluding hydrogens is 264 g/mol. The van der Waals surface area contributed by atoms with E-state index in [2.05, 4.69) is 33.0 Å². The summed E-state index contributed by atoms with van der Waals surface area (Å²) in [7, 11) is 0. The molecule has 4 nitrogen and oxygen atoms in total. The third-order valence-electron chi connectivity index (χ3n) is 5.91. The first-order valence-electron chi connectivity index (χ1n) is 8.07. The van der Waals surface area contributed by atoms with Gasteiger partial charge >= 0.3 is 0 Å². The van der Waals surface area contributed by atoms with Crippen LogP contribution in [0.4, 0.5) is 0 Å². The van der Waals surface area contributed by atoms with Crippen LogP contribution >= 0.6 is 0 Å². The monoisotopic (exact) mass is 294 g/mol. The Hall–Kier alpha value is -1.06. The predicted octanol–water partition coefficient (Wildman–Crippen LogP) is 2.43. The van der Waals surface area contributed by atoms with Crippen molar-refractivity contribution in [1.82, 2.24) is 10.2 Å². The van der Waals surface area contributed by atoms with Gasteiger partial charge < -0.3 is 10.2 Å². The van der Waals surface area contributed by atoms with Gasteiger partial charge in [0, 0.05) is 6.04 Å². The Kier molecular flexibility index (Phi) is 3.67. The molecule has 21 heavy (non-hydrogen) atoms. The lowest BCUT2D eigenvalue weighted by Crippen LogP contribution is -2.67. The largest absolute Gasteiger partial charge is 0.342 e. The van der Waals surface area contributed by atoms with Crippen molar-refractivity contribution in [3.05, 3.63) is 0 Å². The van der Waals surface area contributed by atoms with Crippen molar-refractivity contribution in [2.75, 3.05) is 0 Å². The molecule has 0 aromatic carbocycles. The first-order chi connectivity index (χ1) is 9.44. The second-order valence-electron chi connectivity index (χ2n) is 8.51. The zero-order valence-electron chi connectivity index (χ0n) is 14.7. The molecule has 2 fully saturated rings. The highest BCUT2D eigenvalue weighted by Crippen LogP contribution is 2.66. The Morgan fingerprint density at radius 1 is 0.952 bits per heavy atom. The summed E-state index contributed by atoms with van der Waals surface area (Å²) in [6, 6.07) is -0.601. The molecule has 1 aliphatic heterocycles. The Labute approximate surface area is 128 Å². The molecule has 2 amide bonds. The normalized spacial score (nSPS) is 31.8. The van der Waals surface area contributed by atoms with Crippen molar-refractivity contribution in [3.63, 3.8) is 0 Å². The standard InChI is InChI=1S/C17H30N2O2/c1-9(2)11-14(21)19(12(10(3)4)13(20)18-11)15-16(5,6)17(15,7)8/h9-12,15H,1-8H3,(H,18,20). The fraction of sp³-hybridized carbons (Fsp3) is 0.882. The minimum absolute atomic E-state index is 0.00167. The van der Waals surface area contributed by atoms with Gasteiger partial charge in [-0.2, -0.15) is 0 Å². The highest BCUT2D eigenvalue weighted by Gasteiger charge is 2.70. The van der Waals surface area contributed by atoms with Crippen LogP contribution in [0.25, 0.3) is 0 Å².